The molecule has 0 aliphatic rings. The lowest BCUT2D eigenvalue weighted by atomic mass is 10.0. The predicted molar refractivity (Wildman–Crippen MR) is 354 cm³/mol. The van der Waals surface area contributed by atoms with Crippen molar-refractivity contribution >= 4 is 5.91 Å². The highest BCUT2D eigenvalue weighted by Gasteiger charge is 2.20. The van der Waals surface area contributed by atoms with Crippen LogP contribution in [0.25, 0.3) is 0 Å². The highest BCUT2D eigenvalue weighted by atomic mass is 16.3. The zero-order valence-corrected chi connectivity index (χ0v) is 52.4. The molecule has 1 amide bonds. The molecule has 3 N–H and O–H groups in total. The monoisotopic (exact) mass is 1090 g/mol. The van der Waals surface area contributed by atoms with Crippen LogP contribution in [0.15, 0.2) is 122 Å². The predicted octanol–water partition coefficient (Wildman–Crippen LogP) is 23.5. The average molecular weight is 1090 g/mol. The second-order valence-electron chi connectivity index (χ2n) is 22.9. The summed E-state index contributed by atoms with van der Waals surface area (Å²) in [7, 11) is 0. The number of hydrogen-bond acceptors (Lipinski definition) is 3. The fourth-order valence-electron chi connectivity index (χ4n) is 10.1. The lowest BCUT2D eigenvalue weighted by Gasteiger charge is -2.22. The fraction of sp³-hybridized carbons (Fsp3) is 0.720. The maximum atomic E-state index is 12.5. The second kappa shape index (κ2) is 69.1. The Morgan fingerprint density at radius 3 is 0.835 bits per heavy atom. The number of aliphatic hydroxyl groups excluding tert-OH is 2. The standard InChI is InChI=1S/C75H131NO3/c1-3-5-7-9-11-13-15-17-19-21-23-25-27-29-31-33-35-37-38-39-41-43-45-47-49-51-53-55-57-59-61-63-65-67-69-71-75(79)76-73(72-77)74(78)70-68-66-64-62-60-58-56-54-52-50-48-46-44-42-40-36-34-32-30-28-26-24-22-20-18-16-14-12-10-8-6-4-2/h5,7,11,13,17,19,23,25,29,31,35,37,39,41,45,47,51,53,57,59,73-74,77-78H,3-4,6,8-10,12,14-16,18,20-22,24,26-28,30,32-34,36,38,40,42-44,46,48-50,52,54-56,58,60-72H2,1-2H3,(H,76,79)/b7-5-,13-11-,19-17-,25-23-,31-29-,37-35-,41-39-,47-45-,53-51-,59-57-. The number of carbonyl (C=O) groups is 1. The first-order chi connectivity index (χ1) is 39.2. The van der Waals surface area contributed by atoms with Crippen molar-refractivity contribution in [3.8, 4) is 0 Å². The molecule has 0 aliphatic heterocycles. The van der Waals surface area contributed by atoms with Crippen LogP contribution in [0.2, 0.25) is 0 Å². The van der Waals surface area contributed by atoms with Gasteiger partial charge in [0.25, 0.3) is 0 Å². The van der Waals surface area contributed by atoms with Crippen LogP contribution in [0.3, 0.4) is 0 Å². The summed E-state index contributed by atoms with van der Waals surface area (Å²) in [5.74, 6) is -0.0565. The fourth-order valence-corrected chi connectivity index (χ4v) is 10.1. The number of hydrogen-bond donors (Lipinski definition) is 3. The van der Waals surface area contributed by atoms with Gasteiger partial charge in [-0.1, -0.05) is 354 Å². The molecule has 0 fully saturated rings. The molecule has 4 heteroatoms. The Morgan fingerprint density at radius 2 is 0.557 bits per heavy atom. The Morgan fingerprint density at radius 1 is 0.316 bits per heavy atom. The molecule has 0 radical (unpaired) electrons. The Bertz CT molecular complexity index is 1520. The zero-order valence-electron chi connectivity index (χ0n) is 52.4. The molecule has 0 bridgehead atoms. The number of amides is 1. The molecule has 2 atom stereocenters. The molecule has 0 aromatic rings. The van der Waals surface area contributed by atoms with Crippen LogP contribution in [-0.4, -0.2) is 34.9 Å². The van der Waals surface area contributed by atoms with Gasteiger partial charge in [-0.3, -0.25) is 4.79 Å². The summed E-state index contributed by atoms with van der Waals surface area (Å²) in [6, 6.07) is -0.562. The second-order valence-corrected chi connectivity index (χ2v) is 22.9. The van der Waals surface area contributed by atoms with Crippen LogP contribution in [0.5, 0.6) is 0 Å². The van der Waals surface area contributed by atoms with E-state index in [0.717, 1.165) is 109 Å². The van der Waals surface area contributed by atoms with E-state index in [-0.39, 0.29) is 12.5 Å². The van der Waals surface area contributed by atoms with Crippen molar-refractivity contribution in [3.63, 3.8) is 0 Å². The average Bonchev–Trinajstić information content (AvgIpc) is 3.45. The van der Waals surface area contributed by atoms with Gasteiger partial charge in [-0.2, -0.15) is 0 Å². The third kappa shape index (κ3) is 65.5. The third-order valence-corrected chi connectivity index (χ3v) is 15.2. The first-order valence-corrected chi connectivity index (χ1v) is 34.2. The first-order valence-electron chi connectivity index (χ1n) is 34.2. The van der Waals surface area contributed by atoms with E-state index in [1.807, 2.05) is 0 Å². The van der Waals surface area contributed by atoms with Gasteiger partial charge < -0.3 is 15.5 Å². The molecule has 0 saturated carbocycles. The van der Waals surface area contributed by atoms with Crippen molar-refractivity contribution in [2.75, 3.05) is 6.61 Å². The molecule has 0 saturated heterocycles. The van der Waals surface area contributed by atoms with Crippen molar-refractivity contribution in [1.82, 2.24) is 5.32 Å². The summed E-state index contributed by atoms with van der Waals surface area (Å²) in [4.78, 5) is 12.5. The van der Waals surface area contributed by atoms with Gasteiger partial charge in [0.05, 0.1) is 18.8 Å². The molecular formula is C75H131NO3. The summed E-state index contributed by atoms with van der Waals surface area (Å²) in [6.45, 7) is 4.26. The molecule has 79 heavy (non-hydrogen) atoms. The summed E-state index contributed by atoms with van der Waals surface area (Å²) in [5.41, 5.74) is 0. The SMILES string of the molecule is CC/C=C\C/C=C\C/C=C\C/C=C\C/C=C\C/C=C\C/C=C\C/C=C\C/C=C\C/C=C\CCCCCCC(=O)NC(CO)C(O)CCCCCCCCCCCCCCCCCCCCCCCCCCCCCCCCCC. The Balaban J connectivity index is 3.56. The minimum absolute atomic E-state index is 0.0565. The van der Waals surface area contributed by atoms with E-state index in [4.69, 9.17) is 0 Å². The third-order valence-electron chi connectivity index (χ3n) is 15.2. The van der Waals surface area contributed by atoms with Crippen molar-refractivity contribution in [3.05, 3.63) is 122 Å². The van der Waals surface area contributed by atoms with E-state index in [2.05, 4.69) is 141 Å². The topological polar surface area (TPSA) is 69.6 Å². The summed E-state index contributed by atoms with van der Waals surface area (Å²) in [6.07, 6.45) is 105. The van der Waals surface area contributed by atoms with Crippen LogP contribution in [-0.2, 0) is 4.79 Å². The van der Waals surface area contributed by atoms with Crippen LogP contribution in [0.1, 0.15) is 328 Å². The van der Waals surface area contributed by atoms with Crippen LogP contribution in [0, 0.1) is 0 Å². The van der Waals surface area contributed by atoms with Crippen molar-refractivity contribution in [1.29, 1.82) is 0 Å². The van der Waals surface area contributed by atoms with Gasteiger partial charge in [0.15, 0.2) is 0 Å². The lowest BCUT2D eigenvalue weighted by Crippen LogP contribution is -2.45. The highest BCUT2D eigenvalue weighted by Crippen LogP contribution is 2.18. The summed E-state index contributed by atoms with van der Waals surface area (Å²) >= 11 is 0. The molecule has 0 aromatic carbocycles. The van der Waals surface area contributed by atoms with Gasteiger partial charge in [-0.25, -0.2) is 0 Å². The van der Waals surface area contributed by atoms with Gasteiger partial charge in [0.1, 0.15) is 0 Å². The van der Waals surface area contributed by atoms with Gasteiger partial charge >= 0.3 is 0 Å². The number of unbranched alkanes of at least 4 members (excludes halogenated alkanes) is 35. The quantitative estimate of drug-likeness (QED) is 0.0420. The normalized spacial score (nSPS) is 13.5. The lowest BCUT2D eigenvalue weighted by molar-refractivity contribution is -0.123. The Hall–Kier alpha value is -3.21. The minimum Gasteiger partial charge on any atom is -0.394 e. The maximum Gasteiger partial charge on any atom is 0.220 e. The molecule has 4 nitrogen and oxygen atoms in total. The molecule has 0 aromatic heterocycles. The Kier molecular flexibility index (Phi) is 66.3. The summed E-state index contributed by atoms with van der Waals surface area (Å²) in [5, 5.41) is 23.4. The van der Waals surface area contributed by atoms with Gasteiger partial charge in [-0.15, -0.1) is 0 Å². The molecule has 0 heterocycles. The number of nitrogens with one attached hydrogen (secondary N) is 1. The molecule has 0 rings (SSSR count). The highest BCUT2D eigenvalue weighted by molar-refractivity contribution is 5.76. The smallest absolute Gasteiger partial charge is 0.220 e. The van der Waals surface area contributed by atoms with Gasteiger partial charge in [0.2, 0.25) is 5.91 Å². The zero-order chi connectivity index (χ0) is 56.9. The molecule has 0 spiro atoms. The van der Waals surface area contributed by atoms with Crippen molar-refractivity contribution in [2.45, 2.75) is 341 Å². The molecule has 454 valence electrons. The number of aliphatic hydroxyl groups is 2. The van der Waals surface area contributed by atoms with Crippen LogP contribution >= 0.6 is 0 Å². The molecule has 0 aliphatic carbocycles. The number of allylic oxidation sites excluding steroid dienone is 20. The Labute approximate surface area is 492 Å². The number of rotatable bonds is 62. The van der Waals surface area contributed by atoms with E-state index in [9.17, 15) is 15.0 Å². The van der Waals surface area contributed by atoms with Gasteiger partial charge in [-0.05, 0) is 89.9 Å². The molecule has 2 unspecified atom stereocenters. The van der Waals surface area contributed by atoms with Crippen LogP contribution < -0.4 is 5.32 Å². The first kappa shape index (κ1) is 75.8. The van der Waals surface area contributed by atoms with E-state index in [1.165, 1.54) is 193 Å². The maximum absolute atomic E-state index is 12.5. The summed E-state index contributed by atoms with van der Waals surface area (Å²) < 4.78 is 0. The van der Waals surface area contributed by atoms with Crippen molar-refractivity contribution < 1.29 is 15.0 Å². The van der Waals surface area contributed by atoms with E-state index in [1.54, 1.807) is 0 Å². The largest absolute Gasteiger partial charge is 0.394 e. The minimum atomic E-state index is -0.682. The number of carbonyl (C=O) groups excluding carboxylic acids is 1. The van der Waals surface area contributed by atoms with E-state index in [0.29, 0.717) is 12.8 Å². The van der Waals surface area contributed by atoms with Crippen LogP contribution in [0.4, 0.5) is 0 Å². The van der Waals surface area contributed by atoms with E-state index < -0.39 is 12.1 Å². The van der Waals surface area contributed by atoms with E-state index >= 15 is 0 Å². The van der Waals surface area contributed by atoms with Gasteiger partial charge in [0, 0.05) is 6.42 Å². The van der Waals surface area contributed by atoms with Crippen molar-refractivity contribution in [2.24, 2.45) is 0 Å². The molecular weight excluding hydrogens is 963 g/mol.